The summed E-state index contributed by atoms with van der Waals surface area (Å²) in [5, 5.41) is 0. The Morgan fingerprint density at radius 2 is 2.25 bits per heavy atom. The zero-order valence-electron chi connectivity index (χ0n) is 7.67. The first-order valence-corrected chi connectivity index (χ1v) is 4.44. The average molecular weight is 169 g/mol. The highest BCUT2D eigenvalue weighted by molar-refractivity contribution is 5.96. The van der Waals surface area contributed by atoms with Crippen LogP contribution in [0.15, 0.2) is 0 Å². The molecule has 1 saturated heterocycles. The van der Waals surface area contributed by atoms with Crippen molar-refractivity contribution in [3.8, 4) is 0 Å². The lowest BCUT2D eigenvalue weighted by Crippen LogP contribution is -2.32. The third-order valence-electron chi connectivity index (χ3n) is 1.96. The van der Waals surface area contributed by atoms with Crippen LogP contribution in [0.5, 0.6) is 0 Å². The van der Waals surface area contributed by atoms with Gasteiger partial charge in [0.2, 0.25) is 11.8 Å². The van der Waals surface area contributed by atoms with Gasteiger partial charge < -0.3 is 0 Å². The molecule has 0 N–H and O–H groups in total. The van der Waals surface area contributed by atoms with Crippen molar-refractivity contribution >= 4 is 11.8 Å². The summed E-state index contributed by atoms with van der Waals surface area (Å²) in [5.41, 5.74) is 0. The highest BCUT2D eigenvalue weighted by Gasteiger charge is 2.26. The maximum Gasteiger partial charge on any atom is 0.229 e. The number of hydrogen-bond acceptors (Lipinski definition) is 2. The molecule has 1 aliphatic rings. The van der Waals surface area contributed by atoms with Crippen LogP contribution in [-0.2, 0) is 9.59 Å². The van der Waals surface area contributed by atoms with Crippen LogP contribution in [0.3, 0.4) is 0 Å². The molecule has 3 heteroatoms. The first-order chi connectivity index (χ1) is 5.61. The summed E-state index contributed by atoms with van der Waals surface area (Å²) in [7, 11) is 0. The molecule has 2 amide bonds. The van der Waals surface area contributed by atoms with Gasteiger partial charge in [-0.15, -0.1) is 0 Å². The normalized spacial score (nSPS) is 17.6. The van der Waals surface area contributed by atoms with E-state index in [1.54, 1.807) is 0 Å². The molecule has 0 bridgehead atoms. The van der Waals surface area contributed by atoms with Gasteiger partial charge in [-0.05, 0) is 12.3 Å². The second-order valence-corrected chi connectivity index (χ2v) is 3.64. The average Bonchev–Trinajstić information content (AvgIpc) is 2.33. The Hall–Kier alpha value is -0.860. The molecule has 0 radical (unpaired) electrons. The van der Waals surface area contributed by atoms with Crippen LogP contribution in [0, 0.1) is 5.92 Å². The Morgan fingerprint density at radius 3 is 2.67 bits per heavy atom. The van der Waals surface area contributed by atoms with Crippen molar-refractivity contribution in [1.29, 1.82) is 0 Å². The van der Waals surface area contributed by atoms with E-state index in [-0.39, 0.29) is 11.8 Å². The number of imide groups is 1. The zero-order chi connectivity index (χ0) is 9.14. The first kappa shape index (κ1) is 9.23. The molecule has 0 aromatic heterocycles. The smallest absolute Gasteiger partial charge is 0.229 e. The van der Waals surface area contributed by atoms with E-state index in [0.29, 0.717) is 25.3 Å². The Kier molecular flexibility index (Phi) is 2.84. The molecular weight excluding hydrogens is 154 g/mol. The molecule has 0 atom stereocenters. The molecular formula is C9H15NO2. The van der Waals surface area contributed by atoms with Crippen LogP contribution >= 0.6 is 0 Å². The fourth-order valence-electron chi connectivity index (χ4n) is 1.37. The van der Waals surface area contributed by atoms with Gasteiger partial charge in [0.05, 0.1) is 0 Å². The number of carbonyl (C=O) groups excluding carboxylic acids is 2. The standard InChI is InChI=1S/C9H15NO2/c1-7(2)6-9(12)10-5-3-4-8(10)11/h7H,3-6H2,1-2H3. The molecule has 1 rings (SSSR count). The van der Waals surface area contributed by atoms with E-state index >= 15 is 0 Å². The molecule has 0 aromatic rings. The van der Waals surface area contributed by atoms with Gasteiger partial charge in [0.25, 0.3) is 0 Å². The minimum Gasteiger partial charge on any atom is -0.283 e. The van der Waals surface area contributed by atoms with Crippen molar-refractivity contribution in [1.82, 2.24) is 4.90 Å². The molecule has 0 spiro atoms. The van der Waals surface area contributed by atoms with Gasteiger partial charge in [-0.3, -0.25) is 14.5 Å². The molecule has 12 heavy (non-hydrogen) atoms. The Labute approximate surface area is 72.7 Å². The predicted octanol–water partition coefficient (Wildman–Crippen LogP) is 1.18. The molecule has 0 saturated carbocycles. The van der Waals surface area contributed by atoms with Crippen LogP contribution in [0.2, 0.25) is 0 Å². The molecule has 1 aliphatic heterocycles. The summed E-state index contributed by atoms with van der Waals surface area (Å²) >= 11 is 0. The van der Waals surface area contributed by atoms with Crippen molar-refractivity contribution in [3.63, 3.8) is 0 Å². The zero-order valence-corrected chi connectivity index (χ0v) is 7.67. The highest BCUT2D eigenvalue weighted by Crippen LogP contribution is 2.13. The molecule has 0 unspecified atom stereocenters. The molecule has 3 nitrogen and oxygen atoms in total. The van der Waals surface area contributed by atoms with E-state index in [1.165, 1.54) is 4.90 Å². The minimum absolute atomic E-state index is 0.000602. The van der Waals surface area contributed by atoms with Crippen LogP contribution < -0.4 is 0 Å². The number of hydrogen-bond donors (Lipinski definition) is 0. The van der Waals surface area contributed by atoms with Gasteiger partial charge in [-0.1, -0.05) is 13.8 Å². The lowest BCUT2D eigenvalue weighted by Gasteiger charge is -2.14. The molecule has 1 fully saturated rings. The summed E-state index contributed by atoms with van der Waals surface area (Å²) in [5.74, 6) is 0.332. The largest absolute Gasteiger partial charge is 0.283 e. The number of carbonyl (C=O) groups is 2. The predicted molar refractivity (Wildman–Crippen MR) is 45.4 cm³/mol. The Balaban J connectivity index is 2.46. The van der Waals surface area contributed by atoms with Crippen molar-refractivity contribution in [2.45, 2.75) is 33.1 Å². The summed E-state index contributed by atoms with van der Waals surface area (Å²) in [6, 6.07) is 0. The third kappa shape index (κ3) is 2.06. The van der Waals surface area contributed by atoms with Crippen molar-refractivity contribution in [2.75, 3.05) is 6.54 Å². The Bertz CT molecular complexity index is 199. The van der Waals surface area contributed by atoms with Crippen molar-refractivity contribution in [2.24, 2.45) is 5.92 Å². The second-order valence-electron chi connectivity index (χ2n) is 3.64. The number of amides is 2. The molecule has 0 aromatic carbocycles. The van der Waals surface area contributed by atoms with E-state index < -0.39 is 0 Å². The van der Waals surface area contributed by atoms with Gasteiger partial charge in [-0.2, -0.15) is 0 Å². The molecule has 0 aliphatic carbocycles. The quantitative estimate of drug-likeness (QED) is 0.622. The highest BCUT2D eigenvalue weighted by atomic mass is 16.2. The van der Waals surface area contributed by atoms with Crippen molar-refractivity contribution in [3.05, 3.63) is 0 Å². The topological polar surface area (TPSA) is 37.4 Å². The number of nitrogens with zero attached hydrogens (tertiary/aromatic N) is 1. The number of likely N-dealkylation sites (tertiary alicyclic amines) is 1. The number of rotatable bonds is 2. The van der Waals surface area contributed by atoms with Gasteiger partial charge in [0.1, 0.15) is 0 Å². The lowest BCUT2D eigenvalue weighted by molar-refractivity contribution is -0.142. The maximum atomic E-state index is 11.4. The van der Waals surface area contributed by atoms with Crippen LogP contribution in [0.4, 0.5) is 0 Å². The summed E-state index contributed by atoms with van der Waals surface area (Å²) in [6.45, 7) is 4.60. The van der Waals surface area contributed by atoms with Crippen LogP contribution in [0.1, 0.15) is 33.1 Å². The molecule has 68 valence electrons. The maximum absolute atomic E-state index is 11.4. The summed E-state index contributed by atoms with van der Waals surface area (Å²) < 4.78 is 0. The third-order valence-corrected chi connectivity index (χ3v) is 1.96. The Morgan fingerprint density at radius 1 is 1.58 bits per heavy atom. The monoisotopic (exact) mass is 169 g/mol. The van der Waals surface area contributed by atoms with Crippen LogP contribution in [-0.4, -0.2) is 23.3 Å². The fourth-order valence-corrected chi connectivity index (χ4v) is 1.37. The van der Waals surface area contributed by atoms with Crippen molar-refractivity contribution < 1.29 is 9.59 Å². The van der Waals surface area contributed by atoms with Gasteiger partial charge in [0.15, 0.2) is 0 Å². The van der Waals surface area contributed by atoms with Gasteiger partial charge in [-0.25, -0.2) is 0 Å². The van der Waals surface area contributed by atoms with E-state index in [1.807, 2.05) is 13.8 Å². The first-order valence-electron chi connectivity index (χ1n) is 4.44. The van der Waals surface area contributed by atoms with E-state index in [4.69, 9.17) is 0 Å². The van der Waals surface area contributed by atoms with Gasteiger partial charge in [0, 0.05) is 19.4 Å². The van der Waals surface area contributed by atoms with E-state index in [9.17, 15) is 9.59 Å². The summed E-state index contributed by atoms with van der Waals surface area (Å²) in [4.78, 5) is 23.9. The fraction of sp³-hybridized carbons (Fsp3) is 0.778. The minimum atomic E-state index is -0.00694. The van der Waals surface area contributed by atoms with Crippen LogP contribution in [0.25, 0.3) is 0 Å². The lowest BCUT2D eigenvalue weighted by atomic mass is 10.1. The van der Waals surface area contributed by atoms with Gasteiger partial charge >= 0.3 is 0 Å². The summed E-state index contributed by atoms with van der Waals surface area (Å²) in [6.07, 6.45) is 1.87. The van der Waals surface area contributed by atoms with E-state index in [2.05, 4.69) is 0 Å². The molecule has 1 heterocycles. The van der Waals surface area contributed by atoms with E-state index in [0.717, 1.165) is 6.42 Å². The second kappa shape index (κ2) is 3.70. The SMILES string of the molecule is CC(C)CC(=O)N1CCCC1=O.